The first kappa shape index (κ1) is 22.2. The van der Waals surface area contributed by atoms with Crippen molar-refractivity contribution in [2.45, 2.75) is 31.1 Å². The molecule has 1 N–H and O–H groups in total. The number of nitrogens with zero attached hydrogens (tertiary/aromatic N) is 2. The number of nitrogens with one attached hydrogen (secondary N) is 1. The molecule has 3 rings (SSSR count). The zero-order chi connectivity index (χ0) is 21.7. The lowest BCUT2D eigenvalue weighted by Gasteiger charge is -2.26. The van der Waals surface area contributed by atoms with E-state index in [1.54, 1.807) is 25.1 Å². The molecule has 0 aliphatic carbocycles. The van der Waals surface area contributed by atoms with E-state index in [4.69, 9.17) is 16.3 Å². The lowest BCUT2D eigenvalue weighted by Crippen LogP contribution is -2.36. The summed E-state index contributed by atoms with van der Waals surface area (Å²) in [4.78, 5) is 28.3. The lowest BCUT2D eigenvalue weighted by molar-refractivity contribution is -0.119. The van der Waals surface area contributed by atoms with E-state index < -0.39 is 28.5 Å². The Hall–Kier alpha value is -2.49. The Balaban J connectivity index is 1.68. The highest BCUT2D eigenvalue weighted by Gasteiger charge is 2.28. The Bertz CT molecular complexity index is 1050. The van der Waals surface area contributed by atoms with E-state index in [9.17, 15) is 18.0 Å². The second-order valence-corrected chi connectivity index (χ2v) is 9.18. The molecule has 30 heavy (non-hydrogen) atoms. The van der Waals surface area contributed by atoms with Crippen LogP contribution in [-0.2, 0) is 19.6 Å². The Morgan fingerprint density at radius 2 is 1.93 bits per heavy atom. The molecule has 8 nitrogen and oxygen atoms in total. The normalized spacial score (nSPS) is 14.9. The van der Waals surface area contributed by atoms with Gasteiger partial charge in [0, 0.05) is 19.3 Å². The molecule has 1 aliphatic rings. The number of amides is 1. The maximum Gasteiger partial charge on any atom is 0.338 e. The van der Waals surface area contributed by atoms with E-state index >= 15 is 0 Å². The Morgan fingerprint density at radius 3 is 2.63 bits per heavy atom. The van der Waals surface area contributed by atoms with Crippen molar-refractivity contribution >= 4 is 39.2 Å². The zero-order valence-corrected chi connectivity index (χ0v) is 18.0. The van der Waals surface area contributed by atoms with Gasteiger partial charge in [-0.2, -0.15) is 4.31 Å². The number of sulfonamides is 1. The molecule has 1 saturated heterocycles. The summed E-state index contributed by atoms with van der Waals surface area (Å²) in [6.45, 7) is 2.06. The van der Waals surface area contributed by atoms with E-state index in [2.05, 4.69) is 10.3 Å². The van der Waals surface area contributed by atoms with Crippen LogP contribution in [0.3, 0.4) is 0 Å². The van der Waals surface area contributed by atoms with Gasteiger partial charge in [-0.1, -0.05) is 24.1 Å². The number of esters is 1. The van der Waals surface area contributed by atoms with Crippen molar-refractivity contribution in [2.24, 2.45) is 0 Å². The van der Waals surface area contributed by atoms with Gasteiger partial charge >= 0.3 is 5.97 Å². The molecule has 1 amide bonds. The average molecular weight is 452 g/mol. The fourth-order valence-electron chi connectivity index (χ4n) is 3.13. The van der Waals surface area contributed by atoms with Gasteiger partial charge in [-0.15, -0.1) is 0 Å². The Morgan fingerprint density at radius 1 is 1.20 bits per heavy atom. The fourth-order valence-corrected chi connectivity index (χ4v) is 5.06. The molecule has 0 bridgehead atoms. The third kappa shape index (κ3) is 5.16. The summed E-state index contributed by atoms with van der Waals surface area (Å²) in [5.41, 5.74) is 0.898. The van der Waals surface area contributed by atoms with Crippen molar-refractivity contribution in [1.29, 1.82) is 0 Å². The number of benzene rings is 1. The van der Waals surface area contributed by atoms with E-state index in [0.29, 0.717) is 24.3 Å². The number of ether oxygens (including phenoxy) is 1. The first-order chi connectivity index (χ1) is 14.3. The van der Waals surface area contributed by atoms with Crippen molar-refractivity contribution in [3.8, 4) is 0 Å². The van der Waals surface area contributed by atoms with Crippen molar-refractivity contribution < 1.29 is 22.7 Å². The van der Waals surface area contributed by atoms with Gasteiger partial charge in [0.25, 0.3) is 5.91 Å². The number of aryl methyl sites for hydroxylation is 1. The minimum atomic E-state index is -3.70. The van der Waals surface area contributed by atoms with Crippen LogP contribution >= 0.6 is 11.6 Å². The van der Waals surface area contributed by atoms with Gasteiger partial charge in [0.05, 0.1) is 16.1 Å². The molecule has 0 saturated carbocycles. The van der Waals surface area contributed by atoms with E-state index in [-0.39, 0.29) is 15.6 Å². The standard InChI is InChI=1S/C20H22ClN3O5S/c1-14-7-8-15(12-17(14)30(27,28)24-10-3-2-4-11-24)20(26)29-13-18(25)23-16-6-5-9-22-19(16)21/h5-9,12H,2-4,10-11,13H2,1H3,(H,23,25). The topological polar surface area (TPSA) is 106 Å². The number of carbonyl (C=O) groups excluding carboxylic acids is 2. The quantitative estimate of drug-likeness (QED) is 0.534. The molecule has 160 valence electrons. The zero-order valence-electron chi connectivity index (χ0n) is 16.4. The summed E-state index contributed by atoms with van der Waals surface area (Å²) in [5.74, 6) is -1.39. The lowest BCUT2D eigenvalue weighted by atomic mass is 10.1. The van der Waals surface area contributed by atoms with Crippen LogP contribution in [-0.4, -0.2) is 49.3 Å². The van der Waals surface area contributed by atoms with E-state index in [1.165, 1.54) is 22.6 Å². The fraction of sp³-hybridized carbons (Fsp3) is 0.350. The van der Waals surface area contributed by atoms with Crippen LogP contribution < -0.4 is 5.32 Å². The molecule has 1 aromatic heterocycles. The number of anilines is 1. The minimum absolute atomic E-state index is 0.0587. The van der Waals surface area contributed by atoms with Crippen LogP contribution in [0.1, 0.15) is 35.2 Å². The van der Waals surface area contributed by atoms with Gasteiger partial charge in [0.2, 0.25) is 10.0 Å². The molecule has 0 radical (unpaired) electrons. The van der Waals surface area contributed by atoms with Crippen LogP contribution in [0.4, 0.5) is 5.69 Å². The minimum Gasteiger partial charge on any atom is -0.452 e. The molecule has 1 aromatic carbocycles. The average Bonchev–Trinajstić information content (AvgIpc) is 2.74. The second kappa shape index (κ2) is 9.55. The van der Waals surface area contributed by atoms with Gasteiger partial charge < -0.3 is 10.1 Å². The number of carbonyl (C=O) groups is 2. The summed E-state index contributed by atoms with van der Waals surface area (Å²) >= 11 is 5.87. The van der Waals surface area contributed by atoms with E-state index in [1.807, 2.05) is 0 Å². The van der Waals surface area contributed by atoms with Crippen LogP contribution in [0.2, 0.25) is 5.15 Å². The maximum atomic E-state index is 13.0. The third-order valence-electron chi connectivity index (χ3n) is 4.72. The summed E-state index contributed by atoms with van der Waals surface area (Å²) < 4.78 is 32.4. The highest BCUT2D eigenvalue weighted by molar-refractivity contribution is 7.89. The number of rotatable bonds is 6. The summed E-state index contributed by atoms with van der Waals surface area (Å²) in [5, 5.41) is 2.61. The smallest absolute Gasteiger partial charge is 0.338 e. The maximum absolute atomic E-state index is 13.0. The highest BCUT2D eigenvalue weighted by Crippen LogP contribution is 2.24. The third-order valence-corrected chi connectivity index (χ3v) is 7.07. The van der Waals surface area contributed by atoms with E-state index in [0.717, 1.165) is 19.3 Å². The largest absolute Gasteiger partial charge is 0.452 e. The Labute approximate surface area is 180 Å². The van der Waals surface area contributed by atoms with Gasteiger partial charge in [0.1, 0.15) is 0 Å². The molecule has 10 heteroatoms. The molecule has 0 spiro atoms. The first-order valence-electron chi connectivity index (χ1n) is 9.47. The number of halogens is 1. The molecule has 1 aliphatic heterocycles. The van der Waals surface area contributed by atoms with Crippen LogP contribution in [0.25, 0.3) is 0 Å². The van der Waals surface area contributed by atoms with Gasteiger partial charge in [0.15, 0.2) is 11.8 Å². The predicted molar refractivity (Wildman–Crippen MR) is 112 cm³/mol. The summed E-state index contributed by atoms with van der Waals surface area (Å²) in [6.07, 6.45) is 4.11. The summed E-state index contributed by atoms with van der Waals surface area (Å²) in [7, 11) is -3.70. The molecule has 2 heterocycles. The number of hydrogen-bond donors (Lipinski definition) is 1. The number of pyridine rings is 1. The monoisotopic (exact) mass is 451 g/mol. The molecule has 0 unspecified atom stereocenters. The molecular weight excluding hydrogens is 430 g/mol. The van der Waals surface area contributed by atoms with Gasteiger partial charge in [-0.25, -0.2) is 18.2 Å². The van der Waals surface area contributed by atoms with Crippen LogP contribution in [0, 0.1) is 6.92 Å². The van der Waals surface area contributed by atoms with Crippen LogP contribution in [0.15, 0.2) is 41.4 Å². The SMILES string of the molecule is Cc1ccc(C(=O)OCC(=O)Nc2cccnc2Cl)cc1S(=O)(=O)N1CCCCC1. The second-order valence-electron chi connectivity index (χ2n) is 6.91. The first-order valence-corrected chi connectivity index (χ1v) is 11.3. The van der Waals surface area contributed by atoms with Crippen molar-refractivity contribution in [3.05, 3.63) is 52.8 Å². The highest BCUT2D eigenvalue weighted by atomic mass is 35.5. The molecule has 1 fully saturated rings. The molecule has 2 aromatic rings. The van der Waals surface area contributed by atoms with Gasteiger partial charge in [-0.05, 0) is 49.6 Å². The number of hydrogen-bond acceptors (Lipinski definition) is 6. The molecular formula is C20H22ClN3O5S. The van der Waals surface area contributed by atoms with Crippen molar-refractivity contribution in [1.82, 2.24) is 9.29 Å². The Kier molecular flexibility index (Phi) is 7.06. The number of piperidine rings is 1. The van der Waals surface area contributed by atoms with Gasteiger partial charge in [-0.3, -0.25) is 4.79 Å². The van der Waals surface area contributed by atoms with Crippen molar-refractivity contribution in [3.63, 3.8) is 0 Å². The molecule has 0 atom stereocenters. The summed E-state index contributed by atoms with van der Waals surface area (Å²) in [6, 6.07) is 7.50. The van der Waals surface area contributed by atoms with Crippen LogP contribution in [0.5, 0.6) is 0 Å². The predicted octanol–water partition coefficient (Wildman–Crippen LogP) is 3.01. The number of aromatic nitrogens is 1. The van der Waals surface area contributed by atoms with Crippen molar-refractivity contribution in [2.75, 3.05) is 25.0 Å².